The molecule has 7 nitrogen and oxygen atoms in total. The summed E-state index contributed by atoms with van der Waals surface area (Å²) in [4.78, 5) is 32.2. The number of guanidine groups is 1. The number of carboxylic acids is 1. The van der Waals surface area contributed by atoms with Gasteiger partial charge in [-0.3, -0.25) is 4.79 Å². The van der Waals surface area contributed by atoms with E-state index < -0.39 is 5.97 Å². The van der Waals surface area contributed by atoms with Crippen molar-refractivity contribution in [1.82, 2.24) is 4.90 Å². The number of anilines is 2. The number of hydrogen-bond acceptors (Lipinski definition) is 4. The van der Waals surface area contributed by atoms with Gasteiger partial charge in [0.1, 0.15) is 0 Å². The number of hydrogen-bond donors (Lipinski definition) is 2. The number of ketones is 1. The fourth-order valence-corrected chi connectivity index (χ4v) is 3.99. The van der Waals surface area contributed by atoms with Crippen molar-refractivity contribution in [3.8, 4) is 0 Å². The van der Waals surface area contributed by atoms with Gasteiger partial charge in [0.2, 0.25) is 0 Å². The van der Waals surface area contributed by atoms with Gasteiger partial charge in [-0.25, -0.2) is 9.79 Å². The van der Waals surface area contributed by atoms with Gasteiger partial charge < -0.3 is 20.2 Å². The van der Waals surface area contributed by atoms with Gasteiger partial charge in [-0.1, -0.05) is 29.8 Å². The smallest absolute Gasteiger partial charge is 0.335 e. The molecular weight excluding hydrogens is 440 g/mol. The lowest BCUT2D eigenvalue weighted by Gasteiger charge is -2.37. The van der Waals surface area contributed by atoms with Crippen LogP contribution >= 0.6 is 0 Å². The standard InChI is InChI=1S/C28H30N4O3/c1-20-3-5-22(6-4-20)19-29-28(30-25-11-7-24(8-12-25)27(34)35)32-17-15-31(16-18-32)26-13-9-23(10-14-26)21(2)33/h3-14H,15-19H2,1-2H3,(H,29,30)(H,34,35). The maximum absolute atomic E-state index is 11.6. The molecular formula is C28H30N4O3. The van der Waals surface area contributed by atoms with Gasteiger partial charge in [0.25, 0.3) is 0 Å². The van der Waals surface area contributed by atoms with Crippen LogP contribution in [0.1, 0.15) is 38.8 Å². The monoisotopic (exact) mass is 470 g/mol. The third kappa shape index (κ3) is 6.26. The third-order valence-electron chi connectivity index (χ3n) is 6.14. The summed E-state index contributed by atoms with van der Waals surface area (Å²) in [6.45, 7) is 7.39. The van der Waals surface area contributed by atoms with Crippen molar-refractivity contribution in [2.45, 2.75) is 20.4 Å². The zero-order chi connectivity index (χ0) is 24.8. The fraction of sp³-hybridized carbons (Fsp3) is 0.250. The van der Waals surface area contributed by atoms with Gasteiger partial charge in [-0.15, -0.1) is 0 Å². The molecule has 35 heavy (non-hydrogen) atoms. The van der Waals surface area contributed by atoms with Crippen molar-refractivity contribution in [2.24, 2.45) is 4.99 Å². The first kappa shape index (κ1) is 24.0. The second-order valence-electron chi connectivity index (χ2n) is 8.71. The normalized spacial score (nSPS) is 14.1. The average molecular weight is 471 g/mol. The number of rotatable bonds is 6. The number of aromatic carboxylic acids is 1. The van der Waals surface area contributed by atoms with E-state index >= 15 is 0 Å². The number of aliphatic imine (C=N–C) groups is 1. The first-order chi connectivity index (χ1) is 16.9. The van der Waals surface area contributed by atoms with Crippen LogP contribution in [0.15, 0.2) is 77.8 Å². The van der Waals surface area contributed by atoms with E-state index in [9.17, 15) is 14.7 Å². The van der Waals surface area contributed by atoms with Crippen LogP contribution in [0.4, 0.5) is 11.4 Å². The predicted octanol–water partition coefficient (Wildman–Crippen LogP) is 4.69. The highest BCUT2D eigenvalue weighted by molar-refractivity contribution is 5.95. The third-order valence-corrected chi connectivity index (χ3v) is 6.14. The van der Waals surface area contributed by atoms with Crippen LogP contribution in [0.2, 0.25) is 0 Å². The Morgan fingerprint density at radius 1 is 0.857 bits per heavy atom. The number of carboxylic acid groups (broad SMARTS) is 1. The number of nitrogens with one attached hydrogen (secondary N) is 1. The van der Waals surface area contributed by atoms with Crippen molar-refractivity contribution >= 4 is 29.1 Å². The van der Waals surface area contributed by atoms with Crippen molar-refractivity contribution in [3.05, 3.63) is 95.1 Å². The Balaban J connectivity index is 1.48. The van der Waals surface area contributed by atoms with Crippen molar-refractivity contribution in [3.63, 3.8) is 0 Å². The topological polar surface area (TPSA) is 85.2 Å². The molecule has 0 aliphatic carbocycles. The number of benzene rings is 3. The van der Waals surface area contributed by atoms with E-state index in [1.807, 2.05) is 24.3 Å². The number of aryl methyl sites for hydroxylation is 1. The van der Waals surface area contributed by atoms with Crippen molar-refractivity contribution in [2.75, 3.05) is 36.4 Å². The number of Topliss-reactive ketones (excluding diaryl/α,β-unsaturated/α-hetero) is 1. The van der Waals surface area contributed by atoms with Crippen LogP contribution in [0.25, 0.3) is 0 Å². The Bertz CT molecular complexity index is 1190. The highest BCUT2D eigenvalue weighted by Crippen LogP contribution is 2.19. The molecule has 7 heteroatoms. The first-order valence-corrected chi connectivity index (χ1v) is 11.7. The van der Waals surface area contributed by atoms with Crippen molar-refractivity contribution in [1.29, 1.82) is 0 Å². The molecule has 1 aliphatic rings. The lowest BCUT2D eigenvalue weighted by Crippen LogP contribution is -2.50. The Morgan fingerprint density at radius 2 is 1.46 bits per heavy atom. The molecule has 0 amide bonds. The molecule has 1 aliphatic heterocycles. The minimum Gasteiger partial charge on any atom is -0.478 e. The zero-order valence-corrected chi connectivity index (χ0v) is 20.1. The molecule has 0 spiro atoms. The summed E-state index contributed by atoms with van der Waals surface area (Å²) in [5, 5.41) is 12.6. The van der Waals surface area contributed by atoms with Gasteiger partial charge in [-0.05, 0) is 67.9 Å². The molecule has 0 radical (unpaired) electrons. The number of piperazine rings is 1. The fourth-order valence-electron chi connectivity index (χ4n) is 3.99. The lowest BCUT2D eigenvalue weighted by atomic mass is 10.1. The second kappa shape index (κ2) is 10.9. The summed E-state index contributed by atoms with van der Waals surface area (Å²) < 4.78 is 0. The predicted molar refractivity (Wildman–Crippen MR) is 140 cm³/mol. The summed E-state index contributed by atoms with van der Waals surface area (Å²) in [6.07, 6.45) is 0. The zero-order valence-electron chi connectivity index (χ0n) is 20.1. The summed E-state index contributed by atoms with van der Waals surface area (Å²) in [5.41, 5.74) is 5.20. The van der Waals surface area contributed by atoms with Crippen LogP contribution in [0, 0.1) is 6.92 Å². The molecule has 3 aromatic rings. The van der Waals surface area contributed by atoms with E-state index in [-0.39, 0.29) is 11.3 Å². The molecule has 1 heterocycles. The Labute approximate surface area is 205 Å². The van der Waals surface area contributed by atoms with Crippen LogP contribution in [0.3, 0.4) is 0 Å². The van der Waals surface area contributed by atoms with Crippen molar-refractivity contribution < 1.29 is 14.7 Å². The molecule has 2 N–H and O–H groups in total. The molecule has 4 rings (SSSR count). The molecule has 0 atom stereocenters. The van der Waals surface area contributed by atoms with Gasteiger partial charge in [-0.2, -0.15) is 0 Å². The Morgan fingerprint density at radius 3 is 2.03 bits per heavy atom. The van der Waals surface area contributed by atoms with Gasteiger partial charge in [0.05, 0.1) is 12.1 Å². The van der Waals surface area contributed by atoms with E-state index in [4.69, 9.17) is 4.99 Å². The molecule has 0 bridgehead atoms. The minimum atomic E-state index is -0.947. The summed E-state index contributed by atoms with van der Waals surface area (Å²) in [6, 6.07) is 22.8. The SMILES string of the molecule is CC(=O)c1ccc(N2CCN(C(=NCc3ccc(C)cc3)Nc3ccc(C(=O)O)cc3)CC2)cc1. The van der Waals surface area contributed by atoms with Crippen LogP contribution in [-0.2, 0) is 6.54 Å². The van der Waals surface area contributed by atoms with E-state index in [1.54, 1.807) is 31.2 Å². The van der Waals surface area contributed by atoms with E-state index in [0.717, 1.165) is 54.6 Å². The molecule has 1 fully saturated rings. The largest absolute Gasteiger partial charge is 0.478 e. The second-order valence-corrected chi connectivity index (χ2v) is 8.71. The summed E-state index contributed by atoms with van der Waals surface area (Å²) >= 11 is 0. The molecule has 0 saturated carbocycles. The highest BCUT2D eigenvalue weighted by Gasteiger charge is 2.20. The van der Waals surface area contributed by atoms with E-state index in [0.29, 0.717) is 6.54 Å². The average Bonchev–Trinajstić information content (AvgIpc) is 2.88. The maximum Gasteiger partial charge on any atom is 0.335 e. The summed E-state index contributed by atoms with van der Waals surface area (Å²) in [7, 11) is 0. The van der Waals surface area contributed by atoms with Gasteiger partial charge in [0, 0.05) is 43.1 Å². The lowest BCUT2D eigenvalue weighted by molar-refractivity contribution is 0.0696. The van der Waals surface area contributed by atoms with Gasteiger partial charge in [0.15, 0.2) is 11.7 Å². The van der Waals surface area contributed by atoms with Crippen LogP contribution in [0.5, 0.6) is 0 Å². The Kier molecular flexibility index (Phi) is 7.45. The van der Waals surface area contributed by atoms with Crippen LogP contribution in [-0.4, -0.2) is 53.9 Å². The highest BCUT2D eigenvalue weighted by atomic mass is 16.4. The number of carbonyl (C=O) groups excluding carboxylic acids is 1. The minimum absolute atomic E-state index is 0.0678. The molecule has 180 valence electrons. The van der Waals surface area contributed by atoms with Crippen LogP contribution < -0.4 is 10.2 Å². The number of nitrogens with zero attached hydrogens (tertiary/aromatic N) is 3. The first-order valence-electron chi connectivity index (χ1n) is 11.7. The molecule has 0 aromatic heterocycles. The van der Waals surface area contributed by atoms with Gasteiger partial charge >= 0.3 is 5.97 Å². The molecule has 3 aromatic carbocycles. The molecule has 1 saturated heterocycles. The molecule has 0 unspecified atom stereocenters. The quantitative estimate of drug-likeness (QED) is 0.309. The summed E-state index contributed by atoms with van der Waals surface area (Å²) in [5.74, 6) is -0.115. The van der Waals surface area contributed by atoms with E-state index in [1.165, 1.54) is 5.56 Å². The maximum atomic E-state index is 11.6. The Hall–Kier alpha value is -4.13. The number of carbonyl (C=O) groups is 2. The van der Waals surface area contributed by atoms with E-state index in [2.05, 4.69) is 46.3 Å².